The molecule has 2 aromatic rings. The minimum Gasteiger partial charge on any atom is -0.445 e. The predicted octanol–water partition coefficient (Wildman–Crippen LogP) is 3.12. The van der Waals surface area contributed by atoms with Crippen molar-refractivity contribution in [2.75, 3.05) is 0 Å². The van der Waals surface area contributed by atoms with E-state index < -0.39 is 11.6 Å². The number of halogens is 2. The summed E-state index contributed by atoms with van der Waals surface area (Å²) in [6.45, 7) is 0. The van der Waals surface area contributed by atoms with Crippen molar-refractivity contribution >= 4 is 12.2 Å². The molecule has 0 aliphatic heterocycles. The SMILES string of the molecule is Fc1cccc(F)c1C=Cc1ncco1. The van der Waals surface area contributed by atoms with Gasteiger partial charge in [0.2, 0.25) is 5.89 Å². The highest BCUT2D eigenvalue weighted by Gasteiger charge is 2.04. The third-order valence-corrected chi connectivity index (χ3v) is 1.84. The molecule has 0 saturated heterocycles. The molecule has 15 heavy (non-hydrogen) atoms. The van der Waals surface area contributed by atoms with Crippen LogP contribution in [0.5, 0.6) is 0 Å². The Kier molecular flexibility index (Phi) is 2.58. The number of rotatable bonds is 2. The third kappa shape index (κ3) is 2.10. The van der Waals surface area contributed by atoms with Crippen LogP contribution in [0.3, 0.4) is 0 Å². The van der Waals surface area contributed by atoms with Crippen LogP contribution >= 0.6 is 0 Å². The summed E-state index contributed by atoms with van der Waals surface area (Å²) >= 11 is 0. The molecule has 0 N–H and O–H groups in total. The molecular formula is C11H7F2NO. The number of nitrogens with zero attached hydrogens (tertiary/aromatic N) is 1. The summed E-state index contributed by atoms with van der Waals surface area (Å²) in [5.74, 6) is -0.923. The average Bonchev–Trinajstić information content (AvgIpc) is 2.70. The molecule has 2 nitrogen and oxygen atoms in total. The number of hydrogen-bond donors (Lipinski definition) is 0. The Balaban J connectivity index is 2.32. The van der Waals surface area contributed by atoms with Gasteiger partial charge in [0, 0.05) is 11.6 Å². The number of oxazole rings is 1. The normalized spacial score (nSPS) is 11.1. The van der Waals surface area contributed by atoms with Gasteiger partial charge in [0.25, 0.3) is 0 Å². The summed E-state index contributed by atoms with van der Waals surface area (Å²) in [4.78, 5) is 3.79. The van der Waals surface area contributed by atoms with E-state index >= 15 is 0 Å². The first-order valence-electron chi connectivity index (χ1n) is 4.29. The largest absolute Gasteiger partial charge is 0.445 e. The third-order valence-electron chi connectivity index (χ3n) is 1.84. The van der Waals surface area contributed by atoms with E-state index in [9.17, 15) is 8.78 Å². The van der Waals surface area contributed by atoms with Crippen LogP contribution in [0.25, 0.3) is 12.2 Å². The highest BCUT2D eigenvalue weighted by atomic mass is 19.1. The van der Waals surface area contributed by atoms with Crippen LogP contribution in [0.15, 0.2) is 35.1 Å². The van der Waals surface area contributed by atoms with Crippen molar-refractivity contribution < 1.29 is 13.2 Å². The molecule has 0 spiro atoms. The van der Waals surface area contributed by atoms with Crippen molar-refractivity contribution in [3.05, 3.63) is 53.7 Å². The lowest BCUT2D eigenvalue weighted by molar-refractivity contribution is 0.546. The molecule has 0 amide bonds. The molecule has 0 aliphatic carbocycles. The zero-order valence-electron chi connectivity index (χ0n) is 7.65. The van der Waals surface area contributed by atoms with Gasteiger partial charge in [-0.15, -0.1) is 0 Å². The van der Waals surface area contributed by atoms with Crippen LogP contribution in [-0.4, -0.2) is 4.98 Å². The molecule has 0 saturated carbocycles. The molecule has 0 aliphatic rings. The smallest absolute Gasteiger partial charge is 0.218 e. The van der Waals surface area contributed by atoms with Gasteiger partial charge in [-0.25, -0.2) is 13.8 Å². The zero-order chi connectivity index (χ0) is 10.7. The second-order valence-corrected chi connectivity index (χ2v) is 2.84. The van der Waals surface area contributed by atoms with Gasteiger partial charge in [-0.05, 0) is 18.2 Å². The van der Waals surface area contributed by atoms with Crippen LogP contribution < -0.4 is 0 Å². The van der Waals surface area contributed by atoms with Crippen LogP contribution in [0, 0.1) is 11.6 Å². The van der Waals surface area contributed by atoms with Crippen LogP contribution in [-0.2, 0) is 0 Å². The van der Waals surface area contributed by atoms with Crippen LogP contribution in [0.2, 0.25) is 0 Å². The zero-order valence-corrected chi connectivity index (χ0v) is 7.65. The lowest BCUT2D eigenvalue weighted by atomic mass is 10.2. The highest BCUT2D eigenvalue weighted by Crippen LogP contribution is 2.15. The van der Waals surface area contributed by atoms with Crippen LogP contribution in [0.1, 0.15) is 11.5 Å². The first kappa shape index (κ1) is 9.58. The van der Waals surface area contributed by atoms with E-state index in [1.54, 1.807) is 0 Å². The Hall–Kier alpha value is -1.97. The maximum atomic E-state index is 13.1. The summed E-state index contributed by atoms with van der Waals surface area (Å²) in [7, 11) is 0. The van der Waals surface area contributed by atoms with Crippen molar-refractivity contribution in [1.82, 2.24) is 4.98 Å². The van der Waals surface area contributed by atoms with Crippen molar-refractivity contribution in [2.45, 2.75) is 0 Å². The van der Waals surface area contributed by atoms with Gasteiger partial charge in [-0.2, -0.15) is 0 Å². The topological polar surface area (TPSA) is 26.0 Å². The fourth-order valence-electron chi connectivity index (χ4n) is 1.14. The Morgan fingerprint density at radius 3 is 2.47 bits per heavy atom. The van der Waals surface area contributed by atoms with Gasteiger partial charge in [0.1, 0.15) is 17.9 Å². The quantitative estimate of drug-likeness (QED) is 0.756. The van der Waals surface area contributed by atoms with E-state index in [1.165, 1.54) is 42.8 Å². The molecule has 1 heterocycles. The summed E-state index contributed by atoms with van der Waals surface area (Å²) < 4.78 is 31.2. The van der Waals surface area contributed by atoms with Crippen molar-refractivity contribution in [1.29, 1.82) is 0 Å². The molecule has 0 radical (unpaired) electrons. The Labute approximate surface area is 84.9 Å². The molecule has 0 unspecified atom stereocenters. The number of aromatic nitrogens is 1. The van der Waals surface area contributed by atoms with E-state index in [1.807, 2.05) is 0 Å². The molecular weight excluding hydrogens is 200 g/mol. The Bertz CT molecular complexity index is 457. The van der Waals surface area contributed by atoms with E-state index in [0.717, 1.165) is 0 Å². The summed E-state index contributed by atoms with van der Waals surface area (Å²) in [6, 6.07) is 3.70. The lowest BCUT2D eigenvalue weighted by Gasteiger charge is -1.96. The standard InChI is InChI=1S/C11H7F2NO/c12-9-2-1-3-10(13)8(9)4-5-11-14-6-7-15-11/h1-7H. The minimum atomic E-state index is -0.613. The molecule has 2 rings (SSSR count). The number of benzene rings is 1. The summed E-state index contributed by atoms with van der Waals surface area (Å²) in [6.07, 6.45) is 5.53. The summed E-state index contributed by atoms with van der Waals surface area (Å²) in [5, 5.41) is 0. The van der Waals surface area contributed by atoms with Crippen LogP contribution in [0.4, 0.5) is 8.78 Å². The second kappa shape index (κ2) is 4.04. The molecule has 1 aromatic heterocycles. The van der Waals surface area contributed by atoms with E-state index in [4.69, 9.17) is 4.42 Å². The van der Waals surface area contributed by atoms with Gasteiger partial charge in [-0.1, -0.05) is 6.07 Å². The van der Waals surface area contributed by atoms with Gasteiger partial charge < -0.3 is 4.42 Å². The van der Waals surface area contributed by atoms with Gasteiger partial charge in [-0.3, -0.25) is 0 Å². The molecule has 0 atom stereocenters. The molecule has 0 fully saturated rings. The Morgan fingerprint density at radius 2 is 1.87 bits per heavy atom. The first-order chi connectivity index (χ1) is 7.27. The fourth-order valence-corrected chi connectivity index (χ4v) is 1.14. The average molecular weight is 207 g/mol. The molecule has 4 heteroatoms. The fraction of sp³-hybridized carbons (Fsp3) is 0. The monoisotopic (exact) mass is 207 g/mol. The minimum absolute atomic E-state index is 0.101. The molecule has 0 bridgehead atoms. The van der Waals surface area contributed by atoms with Crippen molar-refractivity contribution in [3.8, 4) is 0 Å². The van der Waals surface area contributed by atoms with E-state index in [0.29, 0.717) is 5.89 Å². The first-order valence-corrected chi connectivity index (χ1v) is 4.29. The maximum Gasteiger partial charge on any atom is 0.218 e. The molecule has 1 aromatic carbocycles. The van der Waals surface area contributed by atoms with Gasteiger partial charge in [0.05, 0.1) is 6.20 Å². The lowest BCUT2D eigenvalue weighted by Crippen LogP contribution is -1.86. The van der Waals surface area contributed by atoms with E-state index in [2.05, 4.69) is 4.98 Å². The maximum absolute atomic E-state index is 13.1. The molecule has 76 valence electrons. The Morgan fingerprint density at radius 1 is 1.13 bits per heavy atom. The number of hydrogen-bond acceptors (Lipinski definition) is 2. The van der Waals surface area contributed by atoms with Gasteiger partial charge >= 0.3 is 0 Å². The van der Waals surface area contributed by atoms with Crippen molar-refractivity contribution in [2.24, 2.45) is 0 Å². The predicted molar refractivity (Wildman–Crippen MR) is 51.8 cm³/mol. The second-order valence-electron chi connectivity index (χ2n) is 2.84. The highest BCUT2D eigenvalue weighted by molar-refractivity contribution is 5.66. The van der Waals surface area contributed by atoms with E-state index in [-0.39, 0.29) is 5.56 Å². The van der Waals surface area contributed by atoms with Gasteiger partial charge in [0.15, 0.2) is 0 Å². The summed E-state index contributed by atoms with van der Waals surface area (Å²) in [5.41, 5.74) is -0.101. The van der Waals surface area contributed by atoms with Crippen molar-refractivity contribution in [3.63, 3.8) is 0 Å².